The molecular formula is C33H33N8O5S+. The van der Waals surface area contributed by atoms with Crippen LogP contribution in [0.3, 0.4) is 0 Å². The van der Waals surface area contributed by atoms with Gasteiger partial charge >= 0.3 is 11.0 Å². The number of aromatic nitrogens is 3. The van der Waals surface area contributed by atoms with E-state index < -0.39 is 11.0 Å². The van der Waals surface area contributed by atoms with Gasteiger partial charge in [-0.1, -0.05) is 48.5 Å². The lowest BCUT2D eigenvalue weighted by Gasteiger charge is -2.12. The summed E-state index contributed by atoms with van der Waals surface area (Å²) in [7, 11) is -1.81. The Hall–Kier alpha value is -5.73. The predicted molar refractivity (Wildman–Crippen MR) is 179 cm³/mol. The summed E-state index contributed by atoms with van der Waals surface area (Å²) in [6.45, 7) is 0.996. The van der Waals surface area contributed by atoms with Crippen molar-refractivity contribution in [2.24, 2.45) is 0 Å². The van der Waals surface area contributed by atoms with Gasteiger partial charge in [0.25, 0.3) is 5.91 Å². The molecule has 1 heterocycles. The van der Waals surface area contributed by atoms with Crippen LogP contribution < -0.4 is 21.3 Å². The van der Waals surface area contributed by atoms with E-state index in [1.165, 1.54) is 12.1 Å². The molecule has 0 aliphatic heterocycles. The van der Waals surface area contributed by atoms with Crippen LogP contribution in [-0.2, 0) is 22.3 Å². The summed E-state index contributed by atoms with van der Waals surface area (Å²) < 4.78 is 18.3. The van der Waals surface area contributed by atoms with Gasteiger partial charge < -0.3 is 31.1 Å². The van der Waals surface area contributed by atoms with E-state index in [9.17, 15) is 19.0 Å². The van der Waals surface area contributed by atoms with Gasteiger partial charge in [-0.25, -0.2) is 0 Å². The van der Waals surface area contributed by atoms with Crippen molar-refractivity contribution in [1.82, 2.24) is 20.3 Å². The summed E-state index contributed by atoms with van der Waals surface area (Å²) in [6, 6.07) is 31.5. The van der Waals surface area contributed by atoms with Crippen molar-refractivity contribution in [2.45, 2.75) is 11.4 Å². The zero-order valence-electron chi connectivity index (χ0n) is 25.2. The van der Waals surface area contributed by atoms with Crippen LogP contribution in [0.5, 0.6) is 5.75 Å². The third kappa shape index (κ3) is 10.1. The highest BCUT2D eigenvalue weighted by molar-refractivity contribution is 7.78. The molecule has 0 aliphatic carbocycles. The minimum atomic E-state index is -1.81. The molecule has 1 aromatic heterocycles. The van der Waals surface area contributed by atoms with Gasteiger partial charge in [-0.3, -0.25) is 4.79 Å². The summed E-state index contributed by atoms with van der Waals surface area (Å²) in [5, 5.41) is 21.8. The van der Waals surface area contributed by atoms with Gasteiger partial charge in [0.2, 0.25) is 24.4 Å². The molecule has 5 aromatic rings. The van der Waals surface area contributed by atoms with Crippen LogP contribution in [0.15, 0.2) is 114 Å². The van der Waals surface area contributed by atoms with Gasteiger partial charge in [0, 0.05) is 34.9 Å². The molecule has 0 radical (unpaired) electrons. The van der Waals surface area contributed by atoms with Crippen LogP contribution in [0.4, 0.5) is 29.2 Å². The second kappa shape index (κ2) is 16.5. The Morgan fingerprint density at radius 2 is 1.32 bits per heavy atom. The first-order valence-corrected chi connectivity index (χ1v) is 15.8. The van der Waals surface area contributed by atoms with Crippen molar-refractivity contribution in [3.05, 3.63) is 125 Å². The first-order valence-electron chi connectivity index (χ1n) is 14.7. The van der Waals surface area contributed by atoms with E-state index in [2.05, 4.69) is 36.2 Å². The van der Waals surface area contributed by atoms with E-state index in [1.807, 2.05) is 30.3 Å². The molecule has 0 bridgehead atoms. The third-order valence-electron chi connectivity index (χ3n) is 6.54. The lowest BCUT2D eigenvalue weighted by molar-refractivity contribution is -0.387. The predicted octanol–water partition coefficient (Wildman–Crippen LogP) is 4.92. The first-order chi connectivity index (χ1) is 22.9. The zero-order valence-corrected chi connectivity index (χ0v) is 26.0. The number of nitrogens with one attached hydrogen (secondary N) is 4. The Bertz CT molecular complexity index is 1790. The number of benzene rings is 4. The van der Waals surface area contributed by atoms with Crippen molar-refractivity contribution < 1.29 is 23.0 Å². The summed E-state index contributed by atoms with van der Waals surface area (Å²) in [6.07, 6.45) is 0. The number of anilines is 5. The van der Waals surface area contributed by atoms with Gasteiger partial charge in [0.1, 0.15) is 21.4 Å². The molecule has 0 spiro atoms. The topological polar surface area (TPSA) is 170 Å². The van der Waals surface area contributed by atoms with Crippen LogP contribution in [0.25, 0.3) is 0 Å². The number of hydrogen-bond donors (Lipinski definition) is 5. The zero-order chi connectivity index (χ0) is 32.8. The van der Waals surface area contributed by atoms with Crippen molar-refractivity contribution in [3.63, 3.8) is 0 Å². The minimum Gasteiger partial charge on any atom is -0.508 e. The largest absolute Gasteiger partial charge is 0.508 e. The number of phenolic OH excluding ortho intramolecular Hbond substituents is 1. The molecule has 0 aliphatic rings. The maximum atomic E-state index is 12.6. The van der Waals surface area contributed by atoms with E-state index in [0.717, 1.165) is 5.56 Å². The highest BCUT2D eigenvalue weighted by Gasteiger charge is 2.21. The molecule has 0 saturated carbocycles. The van der Waals surface area contributed by atoms with Crippen molar-refractivity contribution in [1.29, 1.82) is 0 Å². The number of nitrogens with zero attached hydrogens (tertiary/aromatic N) is 4. The monoisotopic (exact) mass is 653 g/mol. The summed E-state index contributed by atoms with van der Waals surface area (Å²) in [5.41, 5.74) is 2.81. The van der Waals surface area contributed by atoms with Gasteiger partial charge in [-0.2, -0.15) is 19.2 Å². The molecule has 1 amide bonds. The fraction of sp³-hybridized carbons (Fsp3) is 0.152. The molecule has 13 nitrogen and oxygen atoms in total. The smallest absolute Gasteiger partial charge is 0.362 e. The number of aromatic hydroxyl groups is 1. The van der Waals surface area contributed by atoms with Gasteiger partial charge in [0.15, 0.2) is 0 Å². The lowest BCUT2D eigenvalue weighted by atomic mass is 10.2. The second-order valence-electron chi connectivity index (χ2n) is 10.0. The Kier molecular flexibility index (Phi) is 11.5. The molecule has 0 saturated heterocycles. The first kappa shape index (κ1) is 32.7. The summed E-state index contributed by atoms with van der Waals surface area (Å²) in [4.78, 5) is 38.6. The van der Waals surface area contributed by atoms with Gasteiger partial charge in [-0.05, 0) is 66.2 Å². The third-order valence-corrected chi connectivity index (χ3v) is 7.76. The Balaban J connectivity index is 1.17. The molecular weight excluding hydrogens is 620 g/mol. The fourth-order valence-electron chi connectivity index (χ4n) is 4.17. The number of carbonyl (C=O) groups excluding carboxylic acids is 1. The highest BCUT2D eigenvalue weighted by atomic mass is 32.2. The van der Waals surface area contributed by atoms with Crippen LogP contribution >= 0.6 is 0 Å². The van der Waals surface area contributed by atoms with Crippen LogP contribution in [-0.4, -0.2) is 60.6 Å². The van der Waals surface area contributed by atoms with Gasteiger partial charge in [0.05, 0.1) is 6.61 Å². The van der Waals surface area contributed by atoms with E-state index >= 15 is 0 Å². The van der Waals surface area contributed by atoms with Crippen molar-refractivity contribution in [3.8, 4) is 5.75 Å². The average Bonchev–Trinajstić information content (AvgIpc) is 3.10. The van der Waals surface area contributed by atoms with E-state index in [4.69, 9.17) is 4.74 Å². The Labute approximate surface area is 273 Å². The molecule has 47 heavy (non-hydrogen) atoms. The number of carbonyl (C=O) groups is 1. The van der Waals surface area contributed by atoms with Crippen LogP contribution in [0.1, 0.15) is 15.9 Å². The maximum absolute atomic E-state index is 12.6. The quantitative estimate of drug-likeness (QED) is 0.0556. The van der Waals surface area contributed by atoms with Crippen molar-refractivity contribution in [2.75, 3.05) is 42.3 Å². The number of nitroso groups, excluding NO2 is 1. The molecule has 1 atom stereocenters. The van der Waals surface area contributed by atoms with E-state index in [0.29, 0.717) is 39.1 Å². The summed E-state index contributed by atoms with van der Waals surface area (Å²) >= 11 is 0. The average molecular weight is 654 g/mol. The molecule has 1 unspecified atom stereocenters. The number of hydrogen-bond acceptors (Lipinski definition) is 11. The highest BCUT2D eigenvalue weighted by Crippen LogP contribution is 2.21. The van der Waals surface area contributed by atoms with Crippen molar-refractivity contribution >= 4 is 46.1 Å². The molecule has 5 N–H and O–H groups in total. The number of phenols is 1. The SMILES string of the molecule is O=C(NCc1ccccc1)c1ccc(Nc2nc(NCCOCC[N+](=O)S(=O)c3ccccc3)nc(Nc3ccc(O)cc3)n2)cc1. The number of ether oxygens (including phenoxy) is 1. The van der Waals surface area contributed by atoms with E-state index in [-0.39, 0.29) is 49.3 Å². The molecule has 14 heteroatoms. The maximum Gasteiger partial charge on any atom is 0.362 e. The molecule has 240 valence electrons. The molecule has 5 rings (SSSR count). The lowest BCUT2D eigenvalue weighted by Crippen LogP contribution is -2.22. The molecule has 4 aromatic carbocycles. The Morgan fingerprint density at radius 1 is 0.745 bits per heavy atom. The summed E-state index contributed by atoms with van der Waals surface area (Å²) in [5.74, 6) is 0.650. The minimum absolute atomic E-state index is 0.0600. The van der Waals surface area contributed by atoms with Gasteiger partial charge in [-0.15, -0.1) is 0 Å². The standard InChI is InChI=1S/C33H32N8O5S/c42-28-17-15-27(16-18-28)37-33-39-31(34-19-21-46-22-20-41(44)47(45)29-9-5-2-6-10-29)38-32(40-33)36-26-13-11-25(12-14-26)30(43)35-23-24-7-3-1-4-8-24/h1-18H,19-23H2,(H4-,34,35,36,37,38,39,40,42,43)/p+1. The van der Waals surface area contributed by atoms with Crippen LogP contribution in [0, 0.1) is 4.91 Å². The Morgan fingerprint density at radius 3 is 1.96 bits per heavy atom. The van der Waals surface area contributed by atoms with E-state index in [1.54, 1.807) is 66.7 Å². The van der Waals surface area contributed by atoms with Crippen LogP contribution in [0.2, 0.25) is 0 Å². The fourth-order valence-corrected chi connectivity index (χ4v) is 5.03. The number of rotatable bonds is 16. The molecule has 0 fully saturated rings. The number of amides is 1. The normalized spacial score (nSPS) is 11.3. The second-order valence-corrected chi connectivity index (χ2v) is 11.4.